The molecule has 1 atom stereocenters. The van der Waals surface area contributed by atoms with Crippen molar-refractivity contribution in [3.63, 3.8) is 0 Å². The number of aromatic amines is 1. The summed E-state index contributed by atoms with van der Waals surface area (Å²) in [5.74, 6) is 0.448. The predicted octanol–water partition coefficient (Wildman–Crippen LogP) is 5.00. The first-order valence-electron chi connectivity index (χ1n) is 9.71. The van der Waals surface area contributed by atoms with E-state index in [4.69, 9.17) is 0 Å². The van der Waals surface area contributed by atoms with E-state index in [-0.39, 0.29) is 23.8 Å². The summed E-state index contributed by atoms with van der Waals surface area (Å²) in [6.07, 6.45) is 0. The average molecular weight is 419 g/mol. The number of para-hydroxylation sites is 2. The number of hydrogen-bond donors (Lipinski definition) is 3. The van der Waals surface area contributed by atoms with E-state index in [0.29, 0.717) is 16.1 Å². The molecule has 0 bridgehead atoms. The van der Waals surface area contributed by atoms with E-state index < -0.39 is 0 Å². The van der Waals surface area contributed by atoms with Gasteiger partial charge in [0.25, 0.3) is 11.8 Å². The van der Waals surface area contributed by atoms with Gasteiger partial charge >= 0.3 is 0 Å². The molecule has 0 saturated carbocycles. The third-order valence-electron chi connectivity index (χ3n) is 4.78. The van der Waals surface area contributed by atoms with E-state index in [0.717, 1.165) is 16.9 Å². The lowest BCUT2D eigenvalue weighted by Gasteiger charge is -2.20. The molecule has 30 heavy (non-hydrogen) atoms. The Bertz CT molecular complexity index is 1150. The lowest BCUT2D eigenvalue weighted by atomic mass is 10.0. The summed E-state index contributed by atoms with van der Waals surface area (Å²) in [6.45, 7) is 4.08. The highest BCUT2D eigenvalue weighted by Crippen LogP contribution is 2.23. The van der Waals surface area contributed by atoms with Crippen LogP contribution in [0.5, 0.6) is 0 Å². The second-order valence-electron chi connectivity index (χ2n) is 7.35. The summed E-state index contributed by atoms with van der Waals surface area (Å²) in [5, 5.41) is 7.76. The van der Waals surface area contributed by atoms with E-state index in [1.807, 2.05) is 49.6 Å². The number of anilines is 1. The minimum atomic E-state index is -0.269. The van der Waals surface area contributed by atoms with Crippen molar-refractivity contribution in [2.45, 2.75) is 19.9 Å². The van der Waals surface area contributed by atoms with Crippen LogP contribution >= 0.6 is 11.3 Å². The molecule has 2 heterocycles. The number of rotatable bonds is 6. The van der Waals surface area contributed by atoms with Crippen LogP contribution < -0.4 is 10.6 Å². The first-order chi connectivity index (χ1) is 14.5. The number of hydrogen-bond acceptors (Lipinski definition) is 4. The van der Waals surface area contributed by atoms with Gasteiger partial charge in [-0.2, -0.15) is 0 Å². The number of amides is 2. The monoisotopic (exact) mass is 418 g/mol. The zero-order chi connectivity index (χ0) is 21.1. The van der Waals surface area contributed by atoms with Gasteiger partial charge in [-0.1, -0.05) is 38.1 Å². The van der Waals surface area contributed by atoms with E-state index in [1.165, 1.54) is 11.3 Å². The lowest BCUT2D eigenvalue weighted by Crippen LogP contribution is -2.32. The number of carbonyl (C=O) groups is 2. The molecule has 2 amide bonds. The van der Waals surface area contributed by atoms with Crippen molar-refractivity contribution in [1.29, 1.82) is 0 Å². The molecule has 1 unspecified atom stereocenters. The maximum absolute atomic E-state index is 13.0. The van der Waals surface area contributed by atoms with Crippen LogP contribution in [0.2, 0.25) is 0 Å². The number of H-pyrrole nitrogens is 1. The van der Waals surface area contributed by atoms with Crippen LogP contribution in [0.1, 0.15) is 45.7 Å². The fourth-order valence-corrected chi connectivity index (χ4v) is 3.85. The normalized spacial score (nSPS) is 12.1. The van der Waals surface area contributed by atoms with E-state index >= 15 is 0 Å². The van der Waals surface area contributed by atoms with Gasteiger partial charge in [0.15, 0.2) is 0 Å². The minimum absolute atomic E-state index is 0.135. The Kier molecular flexibility index (Phi) is 5.63. The minimum Gasteiger partial charge on any atom is -0.342 e. The molecule has 0 aliphatic heterocycles. The van der Waals surface area contributed by atoms with Crippen LogP contribution in [-0.2, 0) is 0 Å². The van der Waals surface area contributed by atoms with E-state index in [1.54, 1.807) is 30.3 Å². The number of carbonyl (C=O) groups excluding carboxylic acids is 2. The van der Waals surface area contributed by atoms with Crippen LogP contribution in [0.15, 0.2) is 66.0 Å². The summed E-state index contributed by atoms with van der Waals surface area (Å²) >= 11 is 1.37. The SMILES string of the molecule is CC(C)C(NC(=O)c1cccc(NC(=O)c2cccs2)c1)c1nc2ccccc2[nH]1. The standard InChI is InChI=1S/C23H22N4O2S/c1-14(2)20(21-25-17-9-3-4-10-18(17)26-21)27-22(28)15-7-5-8-16(13-15)24-23(29)19-11-6-12-30-19/h3-14,20H,1-2H3,(H,24,29)(H,25,26)(H,27,28). The Balaban J connectivity index is 1.52. The number of nitrogens with one attached hydrogen (secondary N) is 3. The Morgan fingerprint density at radius 1 is 1.00 bits per heavy atom. The molecule has 6 nitrogen and oxygen atoms in total. The van der Waals surface area contributed by atoms with Crippen molar-refractivity contribution in [1.82, 2.24) is 15.3 Å². The van der Waals surface area contributed by atoms with Crippen LogP contribution in [0.4, 0.5) is 5.69 Å². The van der Waals surface area contributed by atoms with Crippen molar-refractivity contribution in [2.24, 2.45) is 5.92 Å². The van der Waals surface area contributed by atoms with Gasteiger partial charge in [0.2, 0.25) is 0 Å². The second-order valence-corrected chi connectivity index (χ2v) is 8.29. The summed E-state index contributed by atoms with van der Waals surface area (Å²) in [6, 6.07) is 18.0. The van der Waals surface area contributed by atoms with Crippen molar-refractivity contribution in [3.05, 3.63) is 82.3 Å². The van der Waals surface area contributed by atoms with Gasteiger partial charge in [-0.25, -0.2) is 4.98 Å². The molecule has 0 fully saturated rings. The van der Waals surface area contributed by atoms with Gasteiger partial charge in [-0.15, -0.1) is 11.3 Å². The number of fused-ring (bicyclic) bond motifs is 1. The molecule has 0 radical (unpaired) electrons. The van der Waals surface area contributed by atoms with Crippen molar-refractivity contribution in [2.75, 3.05) is 5.32 Å². The number of aromatic nitrogens is 2. The van der Waals surface area contributed by atoms with Gasteiger partial charge in [0, 0.05) is 11.3 Å². The Hall–Kier alpha value is -3.45. The van der Waals surface area contributed by atoms with Crippen LogP contribution in [-0.4, -0.2) is 21.8 Å². The Morgan fingerprint density at radius 2 is 1.83 bits per heavy atom. The molecule has 2 aromatic heterocycles. The van der Waals surface area contributed by atoms with Crippen molar-refractivity contribution < 1.29 is 9.59 Å². The smallest absolute Gasteiger partial charge is 0.265 e. The van der Waals surface area contributed by atoms with Crippen LogP contribution in [0, 0.1) is 5.92 Å². The van der Waals surface area contributed by atoms with Gasteiger partial charge in [0.05, 0.1) is 22.0 Å². The van der Waals surface area contributed by atoms with Crippen molar-refractivity contribution >= 4 is 39.9 Å². The van der Waals surface area contributed by atoms with E-state index in [2.05, 4.69) is 20.6 Å². The molecule has 0 saturated heterocycles. The predicted molar refractivity (Wildman–Crippen MR) is 120 cm³/mol. The lowest BCUT2D eigenvalue weighted by molar-refractivity contribution is 0.0922. The maximum Gasteiger partial charge on any atom is 0.265 e. The Labute approximate surface area is 178 Å². The molecule has 2 aromatic carbocycles. The zero-order valence-corrected chi connectivity index (χ0v) is 17.5. The molecule has 0 spiro atoms. The zero-order valence-electron chi connectivity index (χ0n) is 16.7. The molecular formula is C23H22N4O2S. The van der Waals surface area contributed by atoms with Crippen LogP contribution in [0.25, 0.3) is 11.0 Å². The van der Waals surface area contributed by atoms with E-state index in [9.17, 15) is 9.59 Å². The highest BCUT2D eigenvalue weighted by atomic mass is 32.1. The molecule has 3 N–H and O–H groups in total. The summed E-state index contributed by atoms with van der Waals surface area (Å²) < 4.78 is 0. The quantitative estimate of drug-likeness (QED) is 0.412. The highest BCUT2D eigenvalue weighted by molar-refractivity contribution is 7.12. The second kappa shape index (κ2) is 8.51. The summed E-state index contributed by atoms with van der Waals surface area (Å²) in [4.78, 5) is 33.8. The first kappa shape index (κ1) is 19.8. The third kappa shape index (κ3) is 4.26. The third-order valence-corrected chi connectivity index (χ3v) is 5.65. The molecule has 0 aliphatic carbocycles. The Morgan fingerprint density at radius 3 is 2.57 bits per heavy atom. The molecular weight excluding hydrogens is 396 g/mol. The molecule has 7 heteroatoms. The van der Waals surface area contributed by atoms with Gasteiger partial charge in [0.1, 0.15) is 5.82 Å². The topological polar surface area (TPSA) is 86.9 Å². The molecule has 4 rings (SSSR count). The highest BCUT2D eigenvalue weighted by Gasteiger charge is 2.22. The molecule has 0 aliphatic rings. The maximum atomic E-state index is 13.0. The van der Waals surface area contributed by atoms with Crippen molar-refractivity contribution in [3.8, 4) is 0 Å². The average Bonchev–Trinajstić information content (AvgIpc) is 3.41. The number of thiophene rings is 1. The largest absolute Gasteiger partial charge is 0.342 e. The number of imidazole rings is 1. The number of benzene rings is 2. The van der Waals surface area contributed by atoms with Crippen LogP contribution in [0.3, 0.4) is 0 Å². The van der Waals surface area contributed by atoms with Gasteiger partial charge in [-0.3, -0.25) is 9.59 Å². The molecule has 152 valence electrons. The number of nitrogens with zero attached hydrogens (tertiary/aromatic N) is 1. The summed E-state index contributed by atoms with van der Waals surface area (Å²) in [5.41, 5.74) is 2.85. The fraction of sp³-hybridized carbons (Fsp3) is 0.174. The molecule has 4 aromatic rings. The summed E-state index contributed by atoms with van der Waals surface area (Å²) in [7, 11) is 0. The van der Waals surface area contributed by atoms with Gasteiger partial charge in [-0.05, 0) is 47.7 Å². The first-order valence-corrected chi connectivity index (χ1v) is 10.6. The fourth-order valence-electron chi connectivity index (χ4n) is 3.23. The van der Waals surface area contributed by atoms with Gasteiger partial charge < -0.3 is 15.6 Å².